The largest absolute Gasteiger partial charge is 0.505 e. The molecule has 2 amide bonds. The predicted molar refractivity (Wildman–Crippen MR) is 88.6 cm³/mol. The number of carboxylic acid groups (broad SMARTS) is 2. The molecule has 1 rings (SSSR count). The van der Waals surface area contributed by atoms with Crippen molar-refractivity contribution in [2.24, 2.45) is 17.6 Å². The fraction of sp³-hybridized carbons (Fsp3) is 0.571. The molecule has 0 aliphatic heterocycles. The molecule has 0 fully saturated rings. The van der Waals surface area contributed by atoms with Crippen LogP contribution in [0.1, 0.15) is 41.5 Å². The topological polar surface area (TPSA) is 159 Å². The maximum Gasteiger partial charge on any atom is 0.411 e. The lowest BCUT2D eigenvalue weighted by Crippen LogP contribution is -2.09. The molecule has 1 heterocycles. The SMILES string of the molecule is CC(C)C.CC(C)C.NC(=O)O.O=C(O)Nc1ncc(O)cn1. The van der Waals surface area contributed by atoms with E-state index in [1.54, 1.807) is 0 Å². The maximum absolute atomic E-state index is 10.0. The molecule has 0 bridgehead atoms. The first-order valence-electron chi connectivity index (χ1n) is 6.87. The van der Waals surface area contributed by atoms with Crippen molar-refractivity contribution >= 4 is 18.1 Å². The van der Waals surface area contributed by atoms with Gasteiger partial charge in [-0.3, -0.25) is 5.32 Å². The van der Waals surface area contributed by atoms with Crippen LogP contribution >= 0.6 is 0 Å². The standard InChI is InChI=1S/C5H5N3O3.2C4H10.CH3NO2/c9-3-1-6-4(7-2-3)8-5(10)11;2*1-4(2)3;2-1(3)4/h1-2,9H,(H,10,11)(H,6,7,8);2*4H,1-3H3;2H2,(H,3,4). The summed E-state index contributed by atoms with van der Waals surface area (Å²) in [6, 6.07) is 0. The zero-order valence-corrected chi connectivity index (χ0v) is 14.4. The minimum atomic E-state index is -1.33. The summed E-state index contributed by atoms with van der Waals surface area (Å²) in [7, 11) is 0. The van der Waals surface area contributed by atoms with Crippen LogP contribution in [0.2, 0.25) is 0 Å². The number of nitrogens with zero attached hydrogens (tertiary/aromatic N) is 2. The molecule has 0 unspecified atom stereocenters. The Labute approximate surface area is 136 Å². The van der Waals surface area contributed by atoms with E-state index in [4.69, 9.17) is 20.1 Å². The van der Waals surface area contributed by atoms with Gasteiger partial charge in [0.2, 0.25) is 5.95 Å². The number of rotatable bonds is 1. The van der Waals surface area contributed by atoms with Crippen LogP contribution in [0.15, 0.2) is 12.4 Å². The van der Waals surface area contributed by atoms with Crippen molar-refractivity contribution in [3.05, 3.63) is 12.4 Å². The normalized spacial score (nSPS) is 8.52. The Morgan fingerprint density at radius 2 is 1.26 bits per heavy atom. The zero-order valence-electron chi connectivity index (χ0n) is 14.4. The highest BCUT2D eigenvalue weighted by atomic mass is 16.4. The van der Waals surface area contributed by atoms with E-state index in [1.165, 1.54) is 0 Å². The van der Waals surface area contributed by atoms with Crippen LogP contribution in [-0.2, 0) is 0 Å². The summed E-state index contributed by atoms with van der Waals surface area (Å²) >= 11 is 0. The number of nitrogens with one attached hydrogen (secondary N) is 1. The summed E-state index contributed by atoms with van der Waals surface area (Å²) in [5.41, 5.74) is 4.03. The smallest absolute Gasteiger partial charge is 0.411 e. The average Bonchev–Trinajstić information content (AvgIpc) is 2.29. The van der Waals surface area contributed by atoms with Crippen LogP contribution in [-0.4, -0.2) is 37.5 Å². The number of carbonyl (C=O) groups is 2. The van der Waals surface area contributed by atoms with Crippen LogP contribution in [0.4, 0.5) is 15.5 Å². The van der Waals surface area contributed by atoms with Crippen LogP contribution < -0.4 is 11.1 Å². The van der Waals surface area contributed by atoms with Gasteiger partial charge < -0.3 is 21.1 Å². The van der Waals surface area contributed by atoms with Crippen molar-refractivity contribution in [3.8, 4) is 5.75 Å². The van der Waals surface area contributed by atoms with Gasteiger partial charge in [0.1, 0.15) is 0 Å². The van der Waals surface area contributed by atoms with E-state index < -0.39 is 12.2 Å². The van der Waals surface area contributed by atoms with E-state index in [2.05, 4.69) is 57.2 Å². The number of anilines is 1. The lowest BCUT2D eigenvalue weighted by molar-refractivity contribution is 0.205. The van der Waals surface area contributed by atoms with Gasteiger partial charge in [0.05, 0.1) is 12.4 Å². The Morgan fingerprint density at radius 1 is 1.00 bits per heavy atom. The molecule has 1 aromatic rings. The first-order chi connectivity index (χ1) is 10.4. The van der Waals surface area contributed by atoms with Crippen molar-refractivity contribution < 1.29 is 24.9 Å². The molecule has 23 heavy (non-hydrogen) atoms. The van der Waals surface area contributed by atoms with Crippen LogP contribution in [0.25, 0.3) is 0 Å². The van der Waals surface area contributed by atoms with Crippen molar-refractivity contribution in [3.63, 3.8) is 0 Å². The molecule has 0 aliphatic carbocycles. The average molecular weight is 332 g/mol. The second-order valence-electron chi connectivity index (χ2n) is 5.50. The molecule has 0 spiro atoms. The number of aromatic hydroxyl groups is 1. The molecule has 9 nitrogen and oxygen atoms in total. The number of aromatic nitrogens is 2. The molecule has 0 aromatic carbocycles. The molecule has 6 N–H and O–H groups in total. The summed E-state index contributed by atoms with van der Waals surface area (Å²) < 4.78 is 0. The molecule has 0 atom stereocenters. The summed E-state index contributed by atoms with van der Waals surface area (Å²) in [5.74, 6) is 1.50. The highest BCUT2D eigenvalue weighted by Gasteiger charge is 1.98. The molecule has 0 saturated carbocycles. The van der Waals surface area contributed by atoms with Gasteiger partial charge in [-0.2, -0.15) is 0 Å². The molecule has 0 saturated heterocycles. The monoisotopic (exact) mass is 332 g/mol. The Kier molecular flexibility index (Phi) is 17.4. The molecular formula is C14H28N4O5. The molecule has 0 aliphatic rings. The van der Waals surface area contributed by atoms with Gasteiger partial charge in [0.25, 0.3) is 0 Å². The van der Waals surface area contributed by atoms with Crippen LogP contribution in [0.3, 0.4) is 0 Å². The fourth-order valence-corrected chi connectivity index (χ4v) is 0.481. The zero-order chi connectivity index (χ0) is 19.0. The second-order valence-corrected chi connectivity index (χ2v) is 5.50. The highest BCUT2D eigenvalue weighted by Crippen LogP contribution is 2.04. The summed E-state index contributed by atoms with van der Waals surface area (Å²) in [4.78, 5) is 25.7. The molecule has 0 radical (unpaired) electrons. The second kappa shape index (κ2) is 15.8. The van der Waals surface area contributed by atoms with Crippen molar-refractivity contribution in [2.45, 2.75) is 41.5 Å². The Morgan fingerprint density at radius 3 is 1.48 bits per heavy atom. The van der Waals surface area contributed by atoms with Crippen molar-refractivity contribution in [1.29, 1.82) is 0 Å². The third-order valence-corrected chi connectivity index (χ3v) is 0.857. The van der Waals surface area contributed by atoms with E-state index in [9.17, 15) is 4.79 Å². The Bertz CT molecular complexity index is 406. The van der Waals surface area contributed by atoms with Gasteiger partial charge in [-0.05, 0) is 11.8 Å². The van der Waals surface area contributed by atoms with Gasteiger partial charge in [0, 0.05) is 0 Å². The van der Waals surface area contributed by atoms with Gasteiger partial charge in [-0.1, -0.05) is 41.5 Å². The van der Waals surface area contributed by atoms with E-state index in [0.29, 0.717) is 0 Å². The Hall–Kier alpha value is -2.58. The lowest BCUT2D eigenvalue weighted by atomic mass is 10.3. The first kappa shape index (κ1) is 25.4. The summed E-state index contributed by atoms with van der Waals surface area (Å²) in [6.45, 7) is 13.0. The van der Waals surface area contributed by atoms with E-state index in [1.807, 2.05) is 5.32 Å². The van der Waals surface area contributed by atoms with Gasteiger partial charge in [-0.25, -0.2) is 19.6 Å². The van der Waals surface area contributed by atoms with Crippen molar-refractivity contribution in [1.82, 2.24) is 9.97 Å². The summed E-state index contributed by atoms with van der Waals surface area (Å²) in [6.07, 6.45) is -0.382. The van der Waals surface area contributed by atoms with Crippen LogP contribution in [0.5, 0.6) is 5.75 Å². The summed E-state index contributed by atoms with van der Waals surface area (Å²) in [5, 5.41) is 26.0. The highest BCUT2D eigenvalue weighted by molar-refractivity contribution is 5.80. The van der Waals surface area contributed by atoms with E-state index in [0.717, 1.165) is 24.2 Å². The molecule has 134 valence electrons. The van der Waals surface area contributed by atoms with E-state index in [-0.39, 0.29) is 11.7 Å². The van der Waals surface area contributed by atoms with Crippen molar-refractivity contribution in [2.75, 3.05) is 5.32 Å². The van der Waals surface area contributed by atoms with Crippen LogP contribution in [0, 0.1) is 11.8 Å². The minimum absolute atomic E-state index is 0.0599. The third-order valence-electron chi connectivity index (χ3n) is 0.857. The number of hydrogen-bond acceptors (Lipinski definition) is 5. The maximum atomic E-state index is 10.0. The number of hydrogen-bond donors (Lipinski definition) is 5. The van der Waals surface area contributed by atoms with Gasteiger partial charge in [0.15, 0.2) is 5.75 Å². The number of primary amides is 1. The molecule has 1 aromatic heterocycles. The number of amides is 2. The van der Waals surface area contributed by atoms with Gasteiger partial charge >= 0.3 is 12.2 Å². The fourth-order valence-electron chi connectivity index (χ4n) is 0.481. The molecule has 9 heteroatoms. The third kappa shape index (κ3) is 45.2. The molecular weight excluding hydrogens is 304 g/mol. The Balaban J connectivity index is -0.000000278. The van der Waals surface area contributed by atoms with E-state index >= 15 is 0 Å². The van der Waals surface area contributed by atoms with Gasteiger partial charge in [-0.15, -0.1) is 0 Å². The first-order valence-corrected chi connectivity index (χ1v) is 6.87. The predicted octanol–water partition coefficient (Wildman–Crippen LogP) is 3.22. The lowest BCUT2D eigenvalue weighted by Gasteiger charge is -1.96. The minimum Gasteiger partial charge on any atom is -0.505 e. The number of nitrogens with two attached hydrogens (primary N) is 1. The quantitative estimate of drug-likeness (QED) is 0.528.